The third-order valence-electron chi connectivity index (χ3n) is 4.21. The van der Waals surface area contributed by atoms with E-state index in [9.17, 15) is 14.4 Å². The Balaban J connectivity index is 1.62. The van der Waals surface area contributed by atoms with Gasteiger partial charge in [-0.3, -0.25) is 9.59 Å². The Morgan fingerprint density at radius 2 is 1.66 bits per heavy atom. The van der Waals surface area contributed by atoms with E-state index in [2.05, 4.69) is 15.8 Å². The van der Waals surface area contributed by atoms with Crippen molar-refractivity contribution in [3.05, 3.63) is 93.5 Å². The van der Waals surface area contributed by atoms with Crippen LogP contribution in [0.4, 0.5) is 5.69 Å². The van der Waals surface area contributed by atoms with Gasteiger partial charge in [0.2, 0.25) is 0 Å². The van der Waals surface area contributed by atoms with Crippen LogP contribution in [0.15, 0.2) is 71.8 Å². The third kappa shape index (κ3) is 6.16. The molecule has 0 aromatic heterocycles. The molecule has 2 N–H and O–H groups in total. The van der Waals surface area contributed by atoms with Crippen LogP contribution in [-0.4, -0.2) is 24.0 Å². The molecule has 0 atom stereocenters. The Labute approximate surface area is 194 Å². The summed E-state index contributed by atoms with van der Waals surface area (Å²) in [6, 6.07) is 17.7. The lowest BCUT2D eigenvalue weighted by atomic mass is 10.2. The number of carbonyl (C=O) groups is 3. The molecular weight excluding hydrogens is 453 g/mol. The van der Waals surface area contributed by atoms with Crippen molar-refractivity contribution in [2.45, 2.75) is 6.92 Å². The number of para-hydroxylation sites is 1. The SMILES string of the molecule is Cc1ccc(NC(=O)C(=O)NN=Cc2ccccc2OC(=O)c2ccc(Cl)cc2)cc1Cl. The van der Waals surface area contributed by atoms with Crippen molar-refractivity contribution in [1.82, 2.24) is 5.43 Å². The summed E-state index contributed by atoms with van der Waals surface area (Å²) in [5.74, 6) is -2.25. The summed E-state index contributed by atoms with van der Waals surface area (Å²) in [6.45, 7) is 1.82. The van der Waals surface area contributed by atoms with Gasteiger partial charge in [0.15, 0.2) is 0 Å². The van der Waals surface area contributed by atoms with Crippen LogP contribution in [-0.2, 0) is 9.59 Å². The number of hydrogen-bond donors (Lipinski definition) is 2. The molecule has 0 spiro atoms. The number of aryl methyl sites for hydroxylation is 1. The Hall–Kier alpha value is -3.68. The quantitative estimate of drug-likeness (QED) is 0.187. The molecule has 0 aliphatic rings. The van der Waals surface area contributed by atoms with Crippen molar-refractivity contribution >= 4 is 52.9 Å². The highest BCUT2D eigenvalue weighted by Gasteiger charge is 2.14. The number of nitrogens with one attached hydrogen (secondary N) is 2. The van der Waals surface area contributed by atoms with Gasteiger partial charge in [0, 0.05) is 21.3 Å². The van der Waals surface area contributed by atoms with Crippen molar-refractivity contribution in [2.24, 2.45) is 5.10 Å². The minimum Gasteiger partial charge on any atom is -0.422 e. The van der Waals surface area contributed by atoms with Crippen molar-refractivity contribution in [2.75, 3.05) is 5.32 Å². The maximum Gasteiger partial charge on any atom is 0.343 e. The molecule has 0 radical (unpaired) electrons. The van der Waals surface area contributed by atoms with Crippen LogP contribution < -0.4 is 15.5 Å². The monoisotopic (exact) mass is 469 g/mol. The molecule has 0 bridgehead atoms. The molecular formula is C23H17Cl2N3O4. The summed E-state index contributed by atoms with van der Waals surface area (Å²) in [6.07, 6.45) is 1.26. The number of hydrogen-bond acceptors (Lipinski definition) is 5. The Bertz CT molecular complexity index is 1190. The largest absolute Gasteiger partial charge is 0.422 e. The molecule has 0 unspecified atom stereocenters. The lowest BCUT2D eigenvalue weighted by molar-refractivity contribution is -0.136. The Morgan fingerprint density at radius 3 is 2.38 bits per heavy atom. The van der Waals surface area contributed by atoms with E-state index in [4.69, 9.17) is 27.9 Å². The minimum absolute atomic E-state index is 0.226. The molecule has 0 saturated carbocycles. The zero-order valence-electron chi connectivity index (χ0n) is 16.8. The number of anilines is 1. The topological polar surface area (TPSA) is 96.9 Å². The summed E-state index contributed by atoms with van der Waals surface area (Å²) in [5, 5.41) is 7.16. The van der Waals surface area contributed by atoms with Gasteiger partial charge in [0.05, 0.1) is 11.8 Å². The minimum atomic E-state index is -0.978. The zero-order chi connectivity index (χ0) is 23.1. The standard InChI is InChI=1S/C23H17Cl2N3O4/c1-14-6-11-18(12-19(14)25)27-21(29)22(30)28-26-13-16-4-2-3-5-20(16)32-23(31)15-7-9-17(24)10-8-15/h2-13H,1H3,(H,27,29)(H,28,30). The molecule has 2 amide bonds. The molecule has 0 aliphatic carbocycles. The van der Waals surface area contributed by atoms with E-state index in [0.29, 0.717) is 26.9 Å². The fraction of sp³-hybridized carbons (Fsp3) is 0.0435. The fourth-order valence-electron chi connectivity index (χ4n) is 2.49. The van der Waals surface area contributed by atoms with E-state index in [-0.39, 0.29) is 5.75 Å². The van der Waals surface area contributed by atoms with Gasteiger partial charge >= 0.3 is 17.8 Å². The number of ether oxygens (including phenoxy) is 1. The number of carbonyl (C=O) groups excluding carboxylic acids is 3. The second-order valence-corrected chi connectivity index (χ2v) is 7.40. The van der Waals surface area contributed by atoms with Crippen LogP contribution in [0.5, 0.6) is 5.75 Å². The highest BCUT2D eigenvalue weighted by atomic mass is 35.5. The molecule has 3 aromatic carbocycles. The number of nitrogens with zero attached hydrogens (tertiary/aromatic N) is 1. The second-order valence-electron chi connectivity index (χ2n) is 6.55. The first-order valence-electron chi connectivity index (χ1n) is 9.31. The number of amides is 2. The van der Waals surface area contributed by atoms with E-state index in [1.54, 1.807) is 60.7 Å². The smallest absolute Gasteiger partial charge is 0.343 e. The van der Waals surface area contributed by atoms with Crippen molar-refractivity contribution in [3.63, 3.8) is 0 Å². The van der Waals surface area contributed by atoms with Gasteiger partial charge in [-0.05, 0) is 61.0 Å². The Morgan fingerprint density at radius 1 is 0.938 bits per heavy atom. The van der Waals surface area contributed by atoms with Gasteiger partial charge in [0.1, 0.15) is 5.75 Å². The first-order valence-corrected chi connectivity index (χ1v) is 10.1. The van der Waals surface area contributed by atoms with Crippen molar-refractivity contribution in [1.29, 1.82) is 0 Å². The number of esters is 1. The van der Waals surface area contributed by atoms with E-state index in [0.717, 1.165) is 5.56 Å². The normalized spacial score (nSPS) is 10.6. The fourth-order valence-corrected chi connectivity index (χ4v) is 2.80. The predicted octanol–water partition coefficient (Wildman–Crippen LogP) is 4.61. The third-order valence-corrected chi connectivity index (χ3v) is 4.87. The predicted molar refractivity (Wildman–Crippen MR) is 123 cm³/mol. The summed E-state index contributed by atoms with van der Waals surface area (Å²) in [4.78, 5) is 36.3. The first-order chi connectivity index (χ1) is 15.3. The average Bonchev–Trinajstić information content (AvgIpc) is 2.77. The van der Waals surface area contributed by atoms with E-state index in [1.807, 2.05) is 6.92 Å². The number of hydrazone groups is 1. The molecule has 0 aliphatic heterocycles. The molecule has 0 saturated heterocycles. The van der Waals surface area contributed by atoms with Crippen LogP contribution in [0, 0.1) is 6.92 Å². The van der Waals surface area contributed by atoms with Crippen LogP contribution in [0.3, 0.4) is 0 Å². The zero-order valence-corrected chi connectivity index (χ0v) is 18.3. The maximum atomic E-state index is 12.3. The molecule has 32 heavy (non-hydrogen) atoms. The lowest BCUT2D eigenvalue weighted by Crippen LogP contribution is -2.32. The molecule has 9 heteroatoms. The van der Waals surface area contributed by atoms with Crippen LogP contribution >= 0.6 is 23.2 Å². The first kappa shape index (κ1) is 23.0. The number of benzene rings is 3. The molecule has 7 nitrogen and oxygen atoms in total. The number of rotatable bonds is 5. The lowest BCUT2D eigenvalue weighted by Gasteiger charge is -2.07. The molecule has 162 valence electrons. The maximum absolute atomic E-state index is 12.3. The van der Waals surface area contributed by atoms with Crippen LogP contribution in [0.25, 0.3) is 0 Å². The van der Waals surface area contributed by atoms with Gasteiger partial charge < -0.3 is 10.1 Å². The van der Waals surface area contributed by atoms with Gasteiger partial charge in [-0.1, -0.05) is 41.4 Å². The van der Waals surface area contributed by atoms with Gasteiger partial charge in [0.25, 0.3) is 0 Å². The van der Waals surface area contributed by atoms with E-state index < -0.39 is 17.8 Å². The highest BCUT2D eigenvalue weighted by Crippen LogP contribution is 2.20. The van der Waals surface area contributed by atoms with Crippen LogP contribution in [0.1, 0.15) is 21.5 Å². The van der Waals surface area contributed by atoms with E-state index in [1.165, 1.54) is 12.3 Å². The Kier molecular flexibility index (Phi) is 7.59. The van der Waals surface area contributed by atoms with Gasteiger partial charge in [-0.25, -0.2) is 10.2 Å². The molecule has 0 heterocycles. The average molecular weight is 470 g/mol. The van der Waals surface area contributed by atoms with E-state index >= 15 is 0 Å². The van der Waals surface area contributed by atoms with Crippen LogP contribution in [0.2, 0.25) is 10.0 Å². The summed E-state index contributed by atoms with van der Waals surface area (Å²) in [7, 11) is 0. The summed E-state index contributed by atoms with van der Waals surface area (Å²) in [5.41, 5.74) is 4.09. The number of halogens is 2. The summed E-state index contributed by atoms with van der Waals surface area (Å²) >= 11 is 11.8. The van der Waals surface area contributed by atoms with Gasteiger partial charge in [-0.2, -0.15) is 5.10 Å². The molecule has 3 aromatic rings. The van der Waals surface area contributed by atoms with Crippen molar-refractivity contribution < 1.29 is 19.1 Å². The van der Waals surface area contributed by atoms with Gasteiger partial charge in [-0.15, -0.1) is 0 Å². The highest BCUT2D eigenvalue weighted by molar-refractivity contribution is 6.40. The molecule has 0 fully saturated rings. The van der Waals surface area contributed by atoms with Crippen molar-refractivity contribution in [3.8, 4) is 5.75 Å². The molecule has 3 rings (SSSR count). The summed E-state index contributed by atoms with van der Waals surface area (Å²) < 4.78 is 5.40. The second kappa shape index (κ2) is 10.6.